The molecule has 0 atom stereocenters. The predicted molar refractivity (Wildman–Crippen MR) is 100 cm³/mol. The van der Waals surface area contributed by atoms with Crippen LogP contribution in [0.5, 0.6) is 17.2 Å². The number of carbonyl (C=O) groups is 2. The first-order chi connectivity index (χ1) is 12.5. The third-order valence-electron chi connectivity index (χ3n) is 3.46. The summed E-state index contributed by atoms with van der Waals surface area (Å²) in [6.45, 7) is 9.44. The van der Waals surface area contributed by atoms with Crippen molar-refractivity contribution in [3.05, 3.63) is 17.7 Å². The lowest BCUT2D eigenvalue weighted by Gasteiger charge is -2.20. The van der Waals surface area contributed by atoms with Gasteiger partial charge in [0, 0.05) is 19.2 Å². The van der Waals surface area contributed by atoms with Crippen molar-refractivity contribution in [1.82, 2.24) is 10.2 Å². The molecule has 7 heteroatoms. The highest BCUT2D eigenvalue weighted by molar-refractivity contribution is 5.97. The van der Waals surface area contributed by atoms with Crippen LogP contribution in [0.4, 0.5) is 0 Å². The van der Waals surface area contributed by atoms with Crippen LogP contribution < -0.4 is 19.5 Å². The first-order valence-corrected chi connectivity index (χ1v) is 9.06. The Kier molecular flexibility index (Phi) is 9.33. The minimum atomic E-state index is -0.290. The molecule has 1 rings (SSSR count). The van der Waals surface area contributed by atoms with Gasteiger partial charge in [-0.1, -0.05) is 6.92 Å². The van der Waals surface area contributed by atoms with Crippen LogP contribution >= 0.6 is 0 Å². The maximum absolute atomic E-state index is 12.7. The van der Waals surface area contributed by atoms with Crippen molar-refractivity contribution in [2.75, 3.05) is 40.0 Å². The molecule has 0 saturated carbocycles. The number of likely N-dealkylation sites (N-methyl/N-ethyl adjacent to an activating group) is 1. The quantitative estimate of drug-likeness (QED) is 0.651. The largest absolute Gasteiger partial charge is 0.490 e. The molecular formula is C19H30N2O5. The number of nitrogens with zero attached hydrogens (tertiary/aromatic N) is 1. The molecule has 1 aromatic rings. The molecule has 0 aliphatic rings. The molecule has 0 fully saturated rings. The van der Waals surface area contributed by atoms with E-state index in [2.05, 4.69) is 5.32 Å². The fourth-order valence-corrected chi connectivity index (χ4v) is 2.34. The van der Waals surface area contributed by atoms with Crippen molar-refractivity contribution in [2.24, 2.45) is 0 Å². The van der Waals surface area contributed by atoms with Gasteiger partial charge < -0.3 is 24.4 Å². The first-order valence-electron chi connectivity index (χ1n) is 9.06. The van der Waals surface area contributed by atoms with Crippen LogP contribution in [0.15, 0.2) is 12.1 Å². The lowest BCUT2D eigenvalue weighted by atomic mass is 10.1. The predicted octanol–water partition coefficient (Wildman–Crippen LogP) is 2.48. The molecular weight excluding hydrogens is 336 g/mol. The molecule has 0 saturated heterocycles. The van der Waals surface area contributed by atoms with E-state index in [1.54, 1.807) is 19.2 Å². The normalized spacial score (nSPS) is 10.2. The second kappa shape index (κ2) is 11.2. The summed E-state index contributed by atoms with van der Waals surface area (Å²) in [6, 6.07) is 3.25. The van der Waals surface area contributed by atoms with Crippen molar-refractivity contribution in [3.8, 4) is 17.2 Å². The monoisotopic (exact) mass is 366 g/mol. The molecule has 2 amide bonds. The van der Waals surface area contributed by atoms with Gasteiger partial charge in [0.1, 0.15) is 0 Å². The molecule has 0 bridgehead atoms. The van der Waals surface area contributed by atoms with Crippen LogP contribution in [0.3, 0.4) is 0 Å². The fourth-order valence-electron chi connectivity index (χ4n) is 2.34. The zero-order valence-corrected chi connectivity index (χ0v) is 16.4. The molecule has 7 nitrogen and oxygen atoms in total. The van der Waals surface area contributed by atoms with Gasteiger partial charge >= 0.3 is 0 Å². The van der Waals surface area contributed by atoms with E-state index in [0.717, 1.165) is 6.42 Å². The molecule has 0 spiro atoms. The Bertz CT molecular complexity index is 577. The van der Waals surface area contributed by atoms with Gasteiger partial charge in [-0.3, -0.25) is 9.59 Å². The molecule has 146 valence electrons. The summed E-state index contributed by atoms with van der Waals surface area (Å²) in [5, 5.41) is 2.76. The number of amides is 2. The molecule has 0 heterocycles. The fraction of sp³-hybridized carbons (Fsp3) is 0.579. The smallest absolute Gasteiger partial charge is 0.254 e. The maximum atomic E-state index is 12.7. The van der Waals surface area contributed by atoms with Crippen LogP contribution in [-0.4, -0.2) is 56.7 Å². The van der Waals surface area contributed by atoms with Crippen molar-refractivity contribution >= 4 is 11.8 Å². The van der Waals surface area contributed by atoms with Gasteiger partial charge in [0.15, 0.2) is 11.5 Å². The lowest BCUT2D eigenvalue weighted by Crippen LogP contribution is -2.38. The number of hydrogen-bond donors (Lipinski definition) is 1. The summed E-state index contributed by atoms with van der Waals surface area (Å²) in [5.41, 5.74) is 0.381. The molecule has 0 aromatic heterocycles. The number of hydrogen-bond acceptors (Lipinski definition) is 5. The van der Waals surface area contributed by atoms with Crippen molar-refractivity contribution in [1.29, 1.82) is 0 Å². The molecule has 1 aromatic carbocycles. The van der Waals surface area contributed by atoms with E-state index >= 15 is 0 Å². The summed E-state index contributed by atoms with van der Waals surface area (Å²) in [4.78, 5) is 25.9. The van der Waals surface area contributed by atoms with Gasteiger partial charge in [0.2, 0.25) is 11.7 Å². The second-order valence-corrected chi connectivity index (χ2v) is 5.61. The van der Waals surface area contributed by atoms with Gasteiger partial charge in [-0.05, 0) is 39.3 Å². The zero-order chi connectivity index (χ0) is 19.5. The van der Waals surface area contributed by atoms with Crippen LogP contribution in [0.1, 0.15) is 44.5 Å². The van der Waals surface area contributed by atoms with Crippen molar-refractivity contribution in [2.45, 2.75) is 34.1 Å². The van der Waals surface area contributed by atoms with E-state index in [-0.39, 0.29) is 18.4 Å². The lowest BCUT2D eigenvalue weighted by molar-refractivity contribution is -0.121. The Morgan fingerprint density at radius 3 is 1.96 bits per heavy atom. The summed E-state index contributed by atoms with van der Waals surface area (Å²) in [5.74, 6) is 0.904. The minimum Gasteiger partial charge on any atom is -0.490 e. The topological polar surface area (TPSA) is 77.1 Å². The third-order valence-corrected chi connectivity index (χ3v) is 3.46. The highest BCUT2D eigenvalue weighted by atomic mass is 16.5. The van der Waals surface area contributed by atoms with Gasteiger partial charge in [-0.2, -0.15) is 0 Å². The van der Waals surface area contributed by atoms with E-state index in [1.807, 2.05) is 27.7 Å². The van der Waals surface area contributed by atoms with Crippen molar-refractivity contribution < 1.29 is 23.8 Å². The Balaban J connectivity index is 3.09. The minimum absolute atomic E-state index is 0.0139. The third kappa shape index (κ3) is 6.13. The molecule has 0 aliphatic carbocycles. The van der Waals surface area contributed by atoms with Crippen LogP contribution in [0.25, 0.3) is 0 Å². The number of carbonyl (C=O) groups excluding carboxylic acids is 2. The van der Waals surface area contributed by atoms with Gasteiger partial charge in [0.05, 0.1) is 26.4 Å². The van der Waals surface area contributed by atoms with Gasteiger partial charge in [0.25, 0.3) is 5.91 Å². The maximum Gasteiger partial charge on any atom is 0.254 e. The Hall–Kier alpha value is -2.44. The SMILES string of the molecule is CCCNC(=O)CN(C)C(=O)c1cc(OCC)c(OCC)c(OCC)c1. The van der Waals surface area contributed by atoms with Gasteiger partial charge in [-0.15, -0.1) is 0 Å². The van der Waals surface area contributed by atoms with Gasteiger partial charge in [-0.25, -0.2) is 0 Å². The van der Waals surface area contributed by atoms with E-state index in [9.17, 15) is 9.59 Å². The van der Waals surface area contributed by atoms with Crippen LogP contribution in [-0.2, 0) is 4.79 Å². The average Bonchev–Trinajstić information content (AvgIpc) is 2.62. The summed E-state index contributed by atoms with van der Waals surface area (Å²) in [7, 11) is 1.59. The second-order valence-electron chi connectivity index (χ2n) is 5.61. The Labute approximate surface area is 155 Å². The van der Waals surface area contributed by atoms with Crippen LogP contribution in [0.2, 0.25) is 0 Å². The number of nitrogens with one attached hydrogen (secondary N) is 1. The molecule has 0 aliphatic heterocycles. The summed E-state index contributed by atoms with van der Waals surface area (Å²) >= 11 is 0. The standard InChI is InChI=1S/C19H30N2O5/c1-6-10-20-17(22)13-21(5)19(23)14-11-15(24-7-2)18(26-9-4)16(12-14)25-8-3/h11-12H,6-10,13H2,1-5H3,(H,20,22). The Morgan fingerprint density at radius 1 is 0.962 bits per heavy atom. The number of rotatable bonds is 11. The molecule has 26 heavy (non-hydrogen) atoms. The Morgan fingerprint density at radius 2 is 1.50 bits per heavy atom. The average molecular weight is 366 g/mol. The van der Waals surface area contributed by atoms with E-state index in [1.165, 1.54) is 4.90 Å². The highest BCUT2D eigenvalue weighted by Gasteiger charge is 2.21. The first kappa shape index (κ1) is 21.6. The molecule has 0 unspecified atom stereocenters. The van der Waals surface area contributed by atoms with Crippen LogP contribution in [0, 0.1) is 0 Å². The molecule has 0 radical (unpaired) electrons. The molecule has 1 N–H and O–H groups in total. The summed E-state index contributed by atoms with van der Waals surface area (Å²) < 4.78 is 16.9. The van der Waals surface area contributed by atoms with Crippen molar-refractivity contribution in [3.63, 3.8) is 0 Å². The highest BCUT2D eigenvalue weighted by Crippen LogP contribution is 2.39. The number of benzene rings is 1. The van der Waals surface area contributed by atoms with E-state index < -0.39 is 0 Å². The van der Waals surface area contributed by atoms with E-state index in [4.69, 9.17) is 14.2 Å². The summed E-state index contributed by atoms with van der Waals surface area (Å²) in [6.07, 6.45) is 0.845. The zero-order valence-electron chi connectivity index (χ0n) is 16.4. The van der Waals surface area contributed by atoms with E-state index in [0.29, 0.717) is 49.2 Å². The number of ether oxygens (including phenoxy) is 3.